The SMILES string of the molecule is CC=C[C@@H]1[C@@H](N2C(=O)OC[C@@H]2c2ccccc2)C(=O)N1[C@H](CC(=O)O)C(=O)NCc1cccc(C(F)(F)F)c1. The normalized spacial score (nSPS) is 22.0. The smallest absolute Gasteiger partial charge is 0.416 e. The van der Waals surface area contributed by atoms with Gasteiger partial charge in [-0.15, -0.1) is 0 Å². The molecule has 0 radical (unpaired) electrons. The van der Waals surface area contributed by atoms with Gasteiger partial charge in [-0.05, 0) is 30.2 Å². The maximum absolute atomic E-state index is 13.5. The molecule has 0 saturated carbocycles. The topological polar surface area (TPSA) is 116 Å². The zero-order valence-electron chi connectivity index (χ0n) is 20.8. The molecule has 39 heavy (non-hydrogen) atoms. The largest absolute Gasteiger partial charge is 0.481 e. The van der Waals surface area contributed by atoms with Crippen LogP contribution in [0.4, 0.5) is 18.0 Å². The number of halogens is 3. The number of allylic oxidation sites excluding steroid dienone is 1. The number of carbonyl (C=O) groups is 4. The van der Waals surface area contributed by atoms with Gasteiger partial charge in [0.25, 0.3) is 0 Å². The summed E-state index contributed by atoms with van der Waals surface area (Å²) >= 11 is 0. The van der Waals surface area contributed by atoms with Crippen LogP contribution in [-0.2, 0) is 31.8 Å². The minimum atomic E-state index is -4.57. The lowest BCUT2D eigenvalue weighted by Crippen LogP contribution is -2.74. The summed E-state index contributed by atoms with van der Waals surface area (Å²) in [6.45, 7) is 1.38. The lowest BCUT2D eigenvalue weighted by atomic mass is 9.88. The van der Waals surface area contributed by atoms with E-state index >= 15 is 0 Å². The molecule has 2 heterocycles. The fourth-order valence-corrected chi connectivity index (χ4v) is 4.87. The van der Waals surface area contributed by atoms with Crippen LogP contribution in [0.15, 0.2) is 66.7 Å². The summed E-state index contributed by atoms with van der Waals surface area (Å²) in [5.74, 6) is -2.84. The number of carboxylic acid groups (broad SMARTS) is 1. The Kier molecular flexibility index (Phi) is 7.93. The van der Waals surface area contributed by atoms with Crippen molar-refractivity contribution >= 4 is 23.9 Å². The first-order chi connectivity index (χ1) is 18.5. The molecule has 0 aromatic heterocycles. The molecule has 2 aromatic rings. The van der Waals surface area contributed by atoms with Crippen LogP contribution in [0.2, 0.25) is 0 Å². The van der Waals surface area contributed by atoms with E-state index < -0.39 is 66.2 Å². The van der Waals surface area contributed by atoms with Gasteiger partial charge in [-0.25, -0.2) is 4.79 Å². The zero-order valence-corrected chi connectivity index (χ0v) is 20.8. The summed E-state index contributed by atoms with van der Waals surface area (Å²) in [4.78, 5) is 53.3. The van der Waals surface area contributed by atoms with Gasteiger partial charge in [0.05, 0.1) is 24.1 Å². The number of alkyl halides is 3. The predicted molar refractivity (Wildman–Crippen MR) is 131 cm³/mol. The quantitative estimate of drug-likeness (QED) is 0.368. The van der Waals surface area contributed by atoms with Crippen molar-refractivity contribution in [2.45, 2.75) is 50.2 Å². The molecule has 0 unspecified atom stereocenters. The van der Waals surface area contributed by atoms with Crippen LogP contribution in [0.5, 0.6) is 0 Å². The summed E-state index contributed by atoms with van der Waals surface area (Å²) in [5, 5.41) is 11.9. The Labute approximate surface area is 221 Å². The standard InChI is InChI=1S/C27H26F3N3O6/c1-2-7-19-23(33-21(15-39-26(33)38)17-9-4-3-5-10-17)25(37)32(19)20(13-22(34)35)24(36)31-14-16-8-6-11-18(12-16)27(28,29)30/h2-12,19-21,23H,13-15H2,1H3,(H,31,36)(H,34,35)/t19-,20-,21-,23-/m1/s1. The van der Waals surface area contributed by atoms with Crippen LogP contribution in [0, 0.1) is 0 Å². The van der Waals surface area contributed by atoms with Crippen LogP contribution in [0.25, 0.3) is 0 Å². The van der Waals surface area contributed by atoms with Crippen molar-refractivity contribution < 1.29 is 42.2 Å². The molecular formula is C27H26F3N3O6. The molecule has 2 saturated heterocycles. The molecule has 2 fully saturated rings. The second-order valence-corrected chi connectivity index (χ2v) is 9.15. The Morgan fingerprint density at radius 2 is 1.87 bits per heavy atom. The van der Waals surface area contributed by atoms with E-state index in [1.54, 1.807) is 49.4 Å². The zero-order chi connectivity index (χ0) is 28.3. The Balaban J connectivity index is 1.56. The van der Waals surface area contributed by atoms with Gasteiger partial charge in [0.1, 0.15) is 18.7 Å². The number of aliphatic carboxylic acids is 1. The molecule has 4 atom stereocenters. The average molecular weight is 546 g/mol. The first-order valence-corrected chi connectivity index (χ1v) is 12.1. The van der Waals surface area contributed by atoms with E-state index in [2.05, 4.69) is 5.32 Å². The van der Waals surface area contributed by atoms with Crippen molar-refractivity contribution in [2.75, 3.05) is 6.61 Å². The van der Waals surface area contributed by atoms with E-state index in [0.29, 0.717) is 0 Å². The van der Waals surface area contributed by atoms with Crippen molar-refractivity contribution in [3.63, 3.8) is 0 Å². The van der Waals surface area contributed by atoms with Gasteiger partial charge in [-0.3, -0.25) is 19.3 Å². The van der Waals surface area contributed by atoms with Crippen molar-refractivity contribution in [2.24, 2.45) is 0 Å². The summed E-state index contributed by atoms with van der Waals surface area (Å²) in [6, 6.07) is 9.42. The molecule has 206 valence electrons. The third-order valence-electron chi connectivity index (χ3n) is 6.66. The number of likely N-dealkylation sites (tertiary alicyclic amines) is 1. The van der Waals surface area contributed by atoms with Gasteiger partial charge in [-0.2, -0.15) is 13.2 Å². The van der Waals surface area contributed by atoms with Crippen molar-refractivity contribution in [1.29, 1.82) is 0 Å². The van der Waals surface area contributed by atoms with Crippen LogP contribution >= 0.6 is 0 Å². The highest BCUT2D eigenvalue weighted by Crippen LogP contribution is 2.38. The number of rotatable bonds is 9. The van der Waals surface area contributed by atoms with Gasteiger partial charge in [0.15, 0.2) is 0 Å². The van der Waals surface area contributed by atoms with E-state index in [1.165, 1.54) is 17.0 Å². The summed E-state index contributed by atoms with van der Waals surface area (Å²) in [6.07, 6.45) is -2.81. The maximum atomic E-state index is 13.5. The number of benzene rings is 2. The molecule has 0 aliphatic carbocycles. The van der Waals surface area contributed by atoms with E-state index in [-0.39, 0.29) is 18.7 Å². The lowest BCUT2D eigenvalue weighted by molar-refractivity contribution is -0.165. The predicted octanol–water partition coefficient (Wildman–Crippen LogP) is 3.51. The van der Waals surface area contributed by atoms with E-state index in [0.717, 1.165) is 22.6 Å². The average Bonchev–Trinajstić information content (AvgIpc) is 3.27. The number of ether oxygens (including phenoxy) is 1. The molecule has 2 aromatic carbocycles. The second-order valence-electron chi connectivity index (χ2n) is 9.15. The molecule has 9 nitrogen and oxygen atoms in total. The van der Waals surface area contributed by atoms with E-state index in [1.807, 2.05) is 0 Å². The molecule has 0 bridgehead atoms. The second kappa shape index (κ2) is 11.2. The number of nitrogens with zero attached hydrogens (tertiary/aromatic N) is 2. The summed E-state index contributed by atoms with van der Waals surface area (Å²) in [7, 11) is 0. The Morgan fingerprint density at radius 3 is 2.51 bits per heavy atom. The lowest BCUT2D eigenvalue weighted by Gasteiger charge is -2.52. The van der Waals surface area contributed by atoms with E-state index in [4.69, 9.17) is 4.74 Å². The molecule has 2 N–H and O–H groups in total. The Bertz CT molecular complexity index is 1280. The van der Waals surface area contributed by atoms with E-state index in [9.17, 15) is 37.5 Å². The highest BCUT2D eigenvalue weighted by atomic mass is 19.4. The van der Waals surface area contributed by atoms with Gasteiger partial charge in [-0.1, -0.05) is 54.6 Å². The molecule has 3 amide bonds. The van der Waals surface area contributed by atoms with Gasteiger partial charge in [0, 0.05) is 6.54 Å². The summed E-state index contributed by atoms with van der Waals surface area (Å²) < 4.78 is 44.4. The third kappa shape index (κ3) is 5.74. The van der Waals surface area contributed by atoms with Crippen LogP contribution in [-0.4, -0.2) is 63.5 Å². The van der Waals surface area contributed by atoms with Crippen molar-refractivity contribution in [1.82, 2.24) is 15.1 Å². The minimum Gasteiger partial charge on any atom is -0.481 e. The first kappa shape index (κ1) is 27.7. The highest BCUT2D eigenvalue weighted by molar-refractivity contribution is 5.99. The Morgan fingerprint density at radius 1 is 1.15 bits per heavy atom. The van der Waals surface area contributed by atoms with Crippen LogP contribution in [0.3, 0.4) is 0 Å². The van der Waals surface area contributed by atoms with Gasteiger partial charge >= 0.3 is 18.2 Å². The minimum absolute atomic E-state index is 0.0191. The number of carbonyl (C=O) groups excluding carboxylic acids is 3. The fourth-order valence-electron chi connectivity index (χ4n) is 4.87. The molecule has 4 rings (SSSR count). The Hall–Kier alpha value is -4.35. The highest BCUT2D eigenvalue weighted by Gasteiger charge is 2.58. The van der Waals surface area contributed by atoms with Crippen molar-refractivity contribution in [3.05, 3.63) is 83.4 Å². The molecule has 12 heteroatoms. The number of cyclic esters (lactones) is 1. The monoisotopic (exact) mass is 545 g/mol. The van der Waals surface area contributed by atoms with Gasteiger partial charge < -0.3 is 20.1 Å². The van der Waals surface area contributed by atoms with Crippen LogP contribution in [0.1, 0.15) is 36.1 Å². The number of hydrogen-bond donors (Lipinski definition) is 2. The van der Waals surface area contributed by atoms with Crippen molar-refractivity contribution in [3.8, 4) is 0 Å². The third-order valence-corrected chi connectivity index (χ3v) is 6.66. The molecule has 2 aliphatic rings. The number of amides is 3. The number of nitrogens with one attached hydrogen (secondary N) is 1. The number of β-lactam (4-membered cyclic amide) rings is 1. The van der Waals surface area contributed by atoms with Gasteiger partial charge in [0.2, 0.25) is 11.8 Å². The molecule has 0 spiro atoms. The molecule has 2 aliphatic heterocycles. The number of hydrogen-bond acceptors (Lipinski definition) is 5. The number of carboxylic acids is 1. The van der Waals surface area contributed by atoms with Crippen LogP contribution < -0.4 is 5.32 Å². The molecular weight excluding hydrogens is 519 g/mol. The fraction of sp³-hybridized carbons (Fsp3) is 0.333. The summed E-state index contributed by atoms with van der Waals surface area (Å²) in [5.41, 5.74) is 0.000963. The first-order valence-electron chi connectivity index (χ1n) is 12.1. The maximum Gasteiger partial charge on any atom is 0.416 e.